The monoisotopic (exact) mass is 348 g/mol. The minimum atomic E-state index is -0.0272. The maximum absolute atomic E-state index is 12.3. The van der Waals surface area contributed by atoms with E-state index in [1.165, 1.54) is 0 Å². The maximum Gasteiger partial charge on any atom is 0.220 e. The topological polar surface area (TPSA) is 80.9 Å². The lowest BCUT2D eigenvalue weighted by Gasteiger charge is -2.25. The van der Waals surface area contributed by atoms with Crippen LogP contribution < -0.4 is 5.32 Å². The number of aryl methyl sites for hydroxylation is 2. The summed E-state index contributed by atoms with van der Waals surface area (Å²) in [5.74, 6) is 1.48. The summed E-state index contributed by atoms with van der Waals surface area (Å²) in [5.41, 5.74) is 2.78. The first-order valence-corrected chi connectivity index (χ1v) is 8.88. The largest absolute Gasteiger partial charge is 0.469 e. The lowest BCUT2D eigenvalue weighted by atomic mass is 9.92. The predicted octanol–water partition coefficient (Wildman–Crippen LogP) is 3.26. The Morgan fingerprint density at radius 2 is 2.19 bits per heavy atom. The number of fused-ring (bicyclic) bond motifs is 1. The summed E-state index contributed by atoms with van der Waals surface area (Å²) in [4.78, 5) is 25.8. The van der Waals surface area contributed by atoms with Crippen molar-refractivity contribution in [2.45, 2.75) is 38.1 Å². The zero-order valence-corrected chi connectivity index (χ0v) is 14.4. The minimum absolute atomic E-state index is 0.0213. The van der Waals surface area contributed by atoms with Crippen LogP contribution in [-0.2, 0) is 17.6 Å². The fourth-order valence-corrected chi connectivity index (χ4v) is 3.27. The van der Waals surface area contributed by atoms with E-state index in [1.807, 2.05) is 36.5 Å². The van der Waals surface area contributed by atoms with E-state index in [2.05, 4.69) is 20.3 Å². The van der Waals surface area contributed by atoms with Gasteiger partial charge in [-0.05, 0) is 43.5 Å². The Hall–Kier alpha value is -3.02. The highest BCUT2D eigenvalue weighted by Crippen LogP contribution is 2.29. The summed E-state index contributed by atoms with van der Waals surface area (Å²) in [6, 6.07) is 9.39. The van der Waals surface area contributed by atoms with E-state index >= 15 is 0 Å². The summed E-state index contributed by atoms with van der Waals surface area (Å²) in [6.07, 6.45) is 9.01. The highest BCUT2D eigenvalue weighted by Gasteiger charge is 2.24. The second-order valence-corrected chi connectivity index (χ2v) is 6.40. The van der Waals surface area contributed by atoms with Crippen molar-refractivity contribution < 1.29 is 9.21 Å². The average molecular weight is 348 g/mol. The van der Waals surface area contributed by atoms with Crippen LogP contribution in [0.25, 0.3) is 11.5 Å². The molecule has 0 aliphatic heterocycles. The molecule has 132 valence electrons. The van der Waals surface area contributed by atoms with E-state index in [9.17, 15) is 4.79 Å². The highest BCUT2D eigenvalue weighted by molar-refractivity contribution is 5.76. The number of carbonyl (C=O) groups is 1. The van der Waals surface area contributed by atoms with Gasteiger partial charge in [-0.2, -0.15) is 0 Å². The number of hydrogen-bond donors (Lipinski definition) is 1. The second-order valence-electron chi connectivity index (χ2n) is 6.40. The van der Waals surface area contributed by atoms with Crippen LogP contribution in [0, 0.1) is 0 Å². The van der Waals surface area contributed by atoms with E-state index < -0.39 is 0 Å². The number of nitrogens with one attached hydrogen (secondary N) is 1. The molecule has 3 aromatic heterocycles. The number of hydrogen-bond acceptors (Lipinski definition) is 5. The van der Waals surface area contributed by atoms with Gasteiger partial charge in [0.15, 0.2) is 5.82 Å². The number of carbonyl (C=O) groups excluding carboxylic acids is 1. The zero-order valence-electron chi connectivity index (χ0n) is 14.4. The first-order valence-electron chi connectivity index (χ1n) is 8.88. The molecule has 3 aromatic rings. The summed E-state index contributed by atoms with van der Waals surface area (Å²) in [6.45, 7) is 0. The molecule has 6 nitrogen and oxygen atoms in total. The third-order valence-electron chi connectivity index (χ3n) is 4.59. The van der Waals surface area contributed by atoms with Gasteiger partial charge in [-0.25, -0.2) is 9.97 Å². The van der Waals surface area contributed by atoms with Gasteiger partial charge in [0.05, 0.1) is 12.3 Å². The average Bonchev–Trinajstić information content (AvgIpc) is 3.21. The lowest BCUT2D eigenvalue weighted by molar-refractivity contribution is -0.122. The van der Waals surface area contributed by atoms with Gasteiger partial charge in [-0.3, -0.25) is 9.78 Å². The number of furan rings is 1. The Kier molecular flexibility index (Phi) is 4.73. The van der Waals surface area contributed by atoms with Gasteiger partial charge in [0.25, 0.3) is 0 Å². The van der Waals surface area contributed by atoms with Gasteiger partial charge in [-0.15, -0.1) is 0 Å². The van der Waals surface area contributed by atoms with Gasteiger partial charge in [0.2, 0.25) is 5.91 Å². The molecule has 1 atom stereocenters. The minimum Gasteiger partial charge on any atom is -0.469 e. The number of pyridine rings is 1. The molecular formula is C20H20N4O2. The number of rotatable bonds is 5. The Balaban J connectivity index is 1.46. The standard InChI is InChI=1S/C20H20N4O2/c25-19(10-9-14-5-4-12-26-14)23-16-7-3-8-17-15(16)13-22-20(24-17)18-6-1-2-11-21-18/h1-2,4-6,11-13,16H,3,7-10H2,(H,23,25)/t16-/m1/s1. The van der Waals surface area contributed by atoms with Crippen molar-refractivity contribution in [3.8, 4) is 11.5 Å². The first kappa shape index (κ1) is 16.4. The van der Waals surface area contributed by atoms with Crippen LogP contribution in [0.5, 0.6) is 0 Å². The lowest BCUT2D eigenvalue weighted by Crippen LogP contribution is -2.31. The van der Waals surface area contributed by atoms with Crippen molar-refractivity contribution >= 4 is 5.91 Å². The van der Waals surface area contributed by atoms with Crippen LogP contribution in [0.15, 0.2) is 53.4 Å². The van der Waals surface area contributed by atoms with E-state index in [0.717, 1.165) is 42.0 Å². The van der Waals surface area contributed by atoms with Crippen molar-refractivity contribution in [2.24, 2.45) is 0 Å². The molecule has 1 amide bonds. The molecule has 4 rings (SSSR count). The molecule has 0 aromatic carbocycles. The van der Waals surface area contributed by atoms with Crippen molar-refractivity contribution in [3.05, 3.63) is 66.0 Å². The van der Waals surface area contributed by atoms with E-state index in [0.29, 0.717) is 18.7 Å². The second kappa shape index (κ2) is 7.47. The number of nitrogens with zero attached hydrogens (tertiary/aromatic N) is 3. The van der Waals surface area contributed by atoms with Gasteiger partial charge in [0, 0.05) is 36.5 Å². The van der Waals surface area contributed by atoms with Crippen LogP contribution in [0.3, 0.4) is 0 Å². The molecule has 0 spiro atoms. The molecule has 0 unspecified atom stereocenters. The van der Waals surface area contributed by atoms with Crippen molar-refractivity contribution in [1.82, 2.24) is 20.3 Å². The third-order valence-corrected chi connectivity index (χ3v) is 4.59. The molecule has 0 radical (unpaired) electrons. The Morgan fingerprint density at radius 3 is 3.00 bits per heavy atom. The summed E-state index contributed by atoms with van der Waals surface area (Å²) < 4.78 is 5.28. The zero-order chi connectivity index (χ0) is 17.8. The quantitative estimate of drug-likeness (QED) is 0.765. The van der Waals surface area contributed by atoms with Gasteiger partial charge in [-0.1, -0.05) is 6.07 Å². The number of amides is 1. The van der Waals surface area contributed by atoms with Crippen LogP contribution in [-0.4, -0.2) is 20.9 Å². The Bertz CT molecular complexity index is 878. The molecule has 1 N–H and O–H groups in total. The molecule has 1 aliphatic carbocycles. The highest BCUT2D eigenvalue weighted by atomic mass is 16.3. The molecule has 0 saturated carbocycles. The molecule has 26 heavy (non-hydrogen) atoms. The fraction of sp³-hybridized carbons (Fsp3) is 0.300. The Morgan fingerprint density at radius 1 is 1.23 bits per heavy atom. The SMILES string of the molecule is O=C(CCc1ccco1)N[C@@H]1CCCc2nc(-c3ccccn3)ncc21. The summed E-state index contributed by atoms with van der Waals surface area (Å²) >= 11 is 0. The summed E-state index contributed by atoms with van der Waals surface area (Å²) in [7, 11) is 0. The smallest absolute Gasteiger partial charge is 0.220 e. The predicted molar refractivity (Wildman–Crippen MR) is 96.1 cm³/mol. The molecule has 0 saturated heterocycles. The number of aromatic nitrogens is 3. The summed E-state index contributed by atoms with van der Waals surface area (Å²) in [5, 5.41) is 3.12. The normalized spacial score (nSPS) is 16.1. The Labute approximate surface area is 151 Å². The van der Waals surface area contributed by atoms with Crippen LogP contribution in [0.2, 0.25) is 0 Å². The molecule has 0 fully saturated rings. The fourth-order valence-electron chi connectivity index (χ4n) is 3.27. The third kappa shape index (κ3) is 3.64. The molecule has 6 heteroatoms. The van der Waals surface area contributed by atoms with Gasteiger partial charge >= 0.3 is 0 Å². The van der Waals surface area contributed by atoms with Crippen LogP contribution in [0.4, 0.5) is 0 Å². The van der Waals surface area contributed by atoms with Gasteiger partial charge < -0.3 is 9.73 Å². The van der Waals surface area contributed by atoms with Crippen LogP contribution >= 0.6 is 0 Å². The molecular weight excluding hydrogens is 328 g/mol. The van der Waals surface area contributed by atoms with E-state index in [-0.39, 0.29) is 11.9 Å². The first-order chi connectivity index (χ1) is 12.8. The van der Waals surface area contributed by atoms with E-state index in [1.54, 1.807) is 12.5 Å². The molecule has 1 aliphatic rings. The van der Waals surface area contributed by atoms with Crippen molar-refractivity contribution in [1.29, 1.82) is 0 Å². The van der Waals surface area contributed by atoms with Crippen LogP contribution in [0.1, 0.15) is 42.3 Å². The van der Waals surface area contributed by atoms with Crippen molar-refractivity contribution in [2.75, 3.05) is 0 Å². The van der Waals surface area contributed by atoms with Crippen molar-refractivity contribution in [3.63, 3.8) is 0 Å². The molecule has 3 heterocycles. The molecule has 0 bridgehead atoms. The maximum atomic E-state index is 12.3. The van der Waals surface area contributed by atoms with Gasteiger partial charge in [0.1, 0.15) is 11.5 Å². The van der Waals surface area contributed by atoms with E-state index in [4.69, 9.17) is 4.42 Å².